The number of para-hydroxylation sites is 1. The molecule has 2 aromatic rings. The van der Waals surface area contributed by atoms with E-state index in [1.165, 1.54) is 10.5 Å². The van der Waals surface area contributed by atoms with Crippen molar-refractivity contribution in [1.29, 1.82) is 0 Å². The first-order valence-electron chi connectivity index (χ1n) is 8.62. The Labute approximate surface area is 148 Å². The number of quaternary nitrogens is 1. The van der Waals surface area contributed by atoms with E-state index in [1.54, 1.807) is 19.4 Å². The number of benzene rings is 2. The number of rotatable bonds is 6. The molecule has 5 nitrogen and oxygen atoms in total. The number of aliphatic imine (C=N–C) groups is 1. The fourth-order valence-electron chi connectivity index (χ4n) is 3.14. The molecule has 0 aromatic heterocycles. The Morgan fingerprint density at radius 2 is 1.88 bits per heavy atom. The van der Waals surface area contributed by atoms with Crippen molar-refractivity contribution in [2.75, 3.05) is 40.0 Å². The summed E-state index contributed by atoms with van der Waals surface area (Å²) in [4.78, 5) is 6.10. The first kappa shape index (κ1) is 17.5. The summed E-state index contributed by atoms with van der Waals surface area (Å²) >= 11 is 0. The molecule has 1 fully saturated rings. The molecule has 2 N–H and O–H groups in total. The van der Waals surface area contributed by atoms with Crippen LogP contribution in [0.3, 0.4) is 0 Å². The van der Waals surface area contributed by atoms with Crippen LogP contribution in [0.15, 0.2) is 53.5 Å². The summed E-state index contributed by atoms with van der Waals surface area (Å²) in [6.07, 6.45) is 1.76. The number of methoxy groups -OCH3 is 1. The second-order valence-corrected chi connectivity index (χ2v) is 6.15. The molecule has 1 atom stereocenters. The van der Waals surface area contributed by atoms with Gasteiger partial charge < -0.3 is 19.5 Å². The van der Waals surface area contributed by atoms with Gasteiger partial charge in [0.1, 0.15) is 30.6 Å². The minimum Gasteiger partial charge on any atom is -0.507 e. The molecule has 132 valence electrons. The van der Waals surface area contributed by atoms with E-state index < -0.39 is 0 Å². The third kappa shape index (κ3) is 4.59. The predicted octanol–water partition coefficient (Wildman–Crippen LogP) is 1.48. The smallest absolute Gasteiger partial charge is 0.133 e. The predicted molar refractivity (Wildman–Crippen MR) is 97.8 cm³/mol. The SMILES string of the molecule is COc1ccc([C@H](CN=Cc2ccccc2O)[NH+]2CCOCC2)cc1. The maximum Gasteiger partial charge on any atom is 0.133 e. The van der Waals surface area contributed by atoms with Crippen LogP contribution in [0.25, 0.3) is 0 Å². The summed E-state index contributed by atoms with van der Waals surface area (Å²) in [5.74, 6) is 1.11. The number of phenols is 1. The van der Waals surface area contributed by atoms with Crippen LogP contribution in [-0.4, -0.2) is 51.3 Å². The summed E-state index contributed by atoms with van der Waals surface area (Å²) < 4.78 is 10.8. The molecule has 1 heterocycles. The largest absolute Gasteiger partial charge is 0.507 e. The average Bonchev–Trinajstić information content (AvgIpc) is 2.67. The standard InChI is InChI=1S/C20H24N2O3/c1-24-18-8-6-16(7-9-18)19(22-10-12-25-13-11-22)15-21-14-17-4-2-3-5-20(17)23/h2-9,14,19,23H,10-13,15H2,1H3/p+1/t19-/m0/s1. The first-order valence-corrected chi connectivity index (χ1v) is 8.62. The molecule has 1 aliphatic rings. The van der Waals surface area contributed by atoms with Crippen molar-refractivity contribution in [3.8, 4) is 11.5 Å². The average molecular weight is 341 g/mol. The molecule has 5 heteroatoms. The van der Waals surface area contributed by atoms with Crippen molar-refractivity contribution in [1.82, 2.24) is 0 Å². The summed E-state index contributed by atoms with van der Waals surface area (Å²) in [5, 5.41) is 9.87. The zero-order valence-corrected chi connectivity index (χ0v) is 14.5. The number of morpholine rings is 1. The Morgan fingerprint density at radius 1 is 1.16 bits per heavy atom. The van der Waals surface area contributed by atoms with Crippen molar-refractivity contribution in [3.05, 3.63) is 59.7 Å². The van der Waals surface area contributed by atoms with Crippen LogP contribution in [0, 0.1) is 0 Å². The topological polar surface area (TPSA) is 55.5 Å². The minimum atomic E-state index is 0.256. The molecule has 0 spiro atoms. The van der Waals surface area contributed by atoms with Gasteiger partial charge in [-0.05, 0) is 36.4 Å². The number of aromatic hydroxyl groups is 1. The molecule has 0 saturated carbocycles. The Kier molecular flexibility index (Phi) is 6.04. The van der Waals surface area contributed by atoms with Crippen molar-refractivity contribution >= 4 is 6.21 Å². The van der Waals surface area contributed by atoms with Crippen LogP contribution in [0.4, 0.5) is 0 Å². The van der Waals surface area contributed by atoms with E-state index in [9.17, 15) is 5.11 Å². The monoisotopic (exact) mass is 341 g/mol. The molecule has 1 saturated heterocycles. The summed E-state index contributed by atoms with van der Waals surface area (Å²) in [6.45, 7) is 4.18. The number of nitrogens with one attached hydrogen (secondary N) is 1. The molecular weight excluding hydrogens is 316 g/mol. The van der Waals surface area contributed by atoms with E-state index in [0.717, 1.165) is 37.6 Å². The van der Waals surface area contributed by atoms with Gasteiger partial charge in [-0.1, -0.05) is 12.1 Å². The Hall–Kier alpha value is -2.37. The quantitative estimate of drug-likeness (QED) is 0.783. The highest BCUT2D eigenvalue weighted by molar-refractivity contribution is 5.83. The van der Waals surface area contributed by atoms with Crippen molar-refractivity contribution in [2.45, 2.75) is 6.04 Å². The van der Waals surface area contributed by atoms with E-state index in [1.807, 2.05) is 30.3 Å². The Morgan fingerprint density at radius 3 is 2.56 bits per heavy atom. The van der Waals surface area contributed by atoms with E-state index in [4.69, 9.17) is 9.47 Å². The van der Waals surface area contributed by atoms with E-state index in [-0.39, 0.29) is 11.8 Å². The van der Waals surface area contributed by atoms with Crippen LogP contribution in [0.2, 0.25) is 0 Å². The molecule has 1 aliphatic heterocycles. The van der Waals surface area contributed by atoms with Gasteiger partial charge in [-0.15, -0.1) is 0 Å². The van der Waals surface area contributed by atoms with Crippen LogP contribution in [0.1, 0.15) is 17.2 Å². The number of hydrogen-bond donors (Lipinski definition) is 2. The van der Waals surface area contributed by atoms with Crippen molar-refractivity contribution in [3.63, 3.8) is 0 Å². The Bertz CT molecular complexity index is 694. The second kappa shape index (κ2) is 8.65. The number of hydrogen-bond acceptors (Lipinski definition) is 4. The summed E-state index contributed by atoms with van der Waals surface area (Å²) in [5.41, 5.74) is 1.99. The van der Waals surface area contributed by atoms with Gasteiger partial charge in [-0.25, -0.2) is 0 Å². The molecule has 3 rings (SSSR count). The highest BCUT2D eigenvalue weighted by Crippen LogP contribution is 2.17. The van der Waals surface area contributed by atoms with Gasteiger partial charge >= 0.3 is 0 Å². The highest BCUT2D eigenvalue weighted by Gasteiger charge is 2.26. The minimum absolute atomic E-state index is 0.256. The van der Waals surface area contributed by atoms with Crippen LogP contribution in [0.5, 0.6) is 11.5 Å². The number of ether oxygens (including phenoxy) is 2. The lowest BCUT2D eigenvalue weighted by Crippen LogP contribution is -3.14. The maximum absolute atomic E-state index is 9.87. The molecular formula is C20H25N2O3+. The van der Waals surface area contributed by atoms with E-state index in [0.29, 0.717) is 6.54 Å². The lowest BCUT2D eigenvalue weighted by atomic mass is 10.0. The first-order chi connectivity index (χ1) is 12.3. The van der Waals surface area contributed by atoms with Crippen molar-refractivity contribution < 1.29 is 19.5 Å². The van der Waals surface area contributed by atoms with Gasteiger partial charge in [0.25, 0.3) is 0 Å². The van der Waals surface area contributed by atoms with Gasteiger partial charge in [0.15, 0.2) is 0 Å². The van der Waals surface area contributed by atoms with Gasteiger partial charge in [-0.3, -0.25) is 4.99 Å². The van der Waals surface area contributed by atoms with Gasteiger partial charge in [-0.2, -0.15) is 0 Å². The molecule has 25 heavy (non-hydrogen) atoms. The van der Waals surface area contributed by atoms with Crippen LogP contribution < -0.4 is 9.64 Å². The maximum atomic E-state index is 9.87. The lowest BCUT2D eigenvalue weighted by Gasteiger charge is -2.31. The van der Waals surface area contributed by atoms with E-state index >= 15 is 0 Å². The van der Waals surface area contributed by atoms with E-state index in [2.05, 4.69) is 17.1 Å². The summed E-state index contributed by atoms with van der Waals surface area (Å²) in [6, 6.07) is 15.7. The normalized spacial score (nSPS) is 16.8. The zero-order chi connectivity index (χ0) is 17.5. The molecule has 0 aliphatic carbocycles. The number of nitrogens with zero attached hydrogens (tertiary/aromatic N) is 1. The van der Waals surface area contributed by atoms with Crippen LogP contribution in [-0.2, 0) is 4.74 Å². The third-order valence-electron chi connectivity index (χ3n) is 4.60. The molecule has 0 amide bonds. The molecule has 0 unspecified atom stereocenters. The highest BCUT2D eigenvalue weighted by atomic mass is 16.5. The molecule has 0 radical (unpaired) electrons. The van der Waals surface area contributed by atoms with Crippen molar-refractivity contribution in [2.24, 2.45) is 4.99 Å². The fraction of sp³-hybridized carbons (Fsp3) is 0.350. The third-order valence-corrected chi connectivity index (χ3v) is 4.60. The zero-order valence-electron chi connectivity index (χ0n) is 14.5. The second-order valence-electron chi connectivity index (χ2n) is 6.15. The number of phenolic OH excluding ortho intramolecular Hbond substituents is 1. The van der Waals surface area contributed by atoms with Gasteiger partial charge in [0.2, 0.25) is 0 Å². The fourth-order valence-corrected chi connectivity index (χ4v) is 3.14. The van der Waals surface area contributed by atoms with Gasteiger partial charge in [0, 0.05) is 17.3 Å². The molecule has 0 bridgehead atoms. The Balaban J connectivity index is 1.77. The molecule has 2 aromatic carbocycles. The summed E-state index contributed by atoms with van der Waals surface area (Å²) in [7, 11) is 1.68. The van der Waals surface area contributed by atoms with Gasteiger partial charge in [0.05, 0.1) is 26.9 Å². The van der Waals surface area contributed by atoms with Crippen LogP contribution >= 0.6 is 0 Å². The lowest BCUT2D eigenvalue weighted by molar-refractivity contribution is -0.937.